The molecular weight excluding hydrogens is 295 g/mol. The summed E-state index contributed by atoms with van der Waals surface area (Å²) in [7, 11) is 1.88. The summed E-state index contributed by atoms with van der Waals surface area (Å²) in [5, 5.41) is 0. The van der Waals surface area contributed by atoms with Gasteiger partial charge in [-0.2, -0.15) is 13.2 Å². The lowest BCUT2D eigenvalue weighted by Crippen LogP contribution is -2.43. The Hall–Kier alpha value is -1.21. The molecule has 0 saturated heterocycles. The van der Waals surface area contributed by atoms with Crippen LogP contribution in [0.25, 0.3) is 0 Å². The number of halogens is 3. The lowest BCUT2D eigenvalue weighted by atomic mass is 10.1. The van der Waals surface area contributed by atoms with E-state index in [1.54, 1.807) is 6.08 Å². The molecule has 2 atom stereocenters. The summed E-state index contributed by atoms with van der Waals surface area (Å²) in [5.41, 5.74) is -0.813. The van der Waals surface area contributed by atoms with Crippen molar-refractivity contribution < 1.29 is 18.0 Å². The fraction of sp³-hybridized carbons (Fsp3) is 0.733. The number of hydrogen-bond acceptors (Lipinski definition) is 4. The van der Waals surface area contributed by atoms with Crippen LogP contribution in [-0.2, 0) is 4.79 Å². The van der Waals surface area contributed by atoms with E-state index < -0.39 is 11.9 Å². The largest absolute Gasteiger partial charge is 0.432 e. The van der Waals surface area contributed by atoms with Crippen molar-refractivity contribution >= 4 is 12.0 Å². The molecular formula is C15H24F3N3O. The van der Waals surface area contributed by atoms with Gasteiger partial charge in [-0.3, -0.25) is 14.8 Å². The zero-order valence-electron chi connectivity index (χ0n) is 13.3. The van der Waals surface area contributed by atoms with Crippen LogP contribution in [0, 0.1) is 0 Å². The zero-order valence-corrected chi connectivity index (χ0v) is 13.3. The van der Waals surface area contributed by atoms with E-state index in [4.69, 9.17) is 0 Å². The lowest BCUT2D eigenvalue weighted by molar-refractivity contribution is -0.108. The van der Waals surface area contributed by atoms with Gasteiger partial charge in [0.25, 0.3) is 0 Å². The van der Waals surface area contributed by atoms with E-state index in [-0.39, 0.29) is 18.6 Å². The van der Waals surface area contributed by atoms with Crippen LogP contribution in [0.2, 0.25) is 0 Å². The molecule has 126 valence electrons. The smallest absolute Gasteiger partial charge is 0.303 e. The van der Waals surface area contributed by atoms with Gasteiger partial charge in [-0.25, -0.2) is 0 Å². The van der Waals surface area contributed by atoms with Crippen LogP contribution in [0.1, 0.15) is 20.3 Å². The normalized spacial score (nSPS) is 20.4. The third kappa shape index (κ3) is 5.53. The summed E-state index contributed by atoms with van der Waals surface area (Å²) in [6, 6.07) is 0.0545. The van der Waals surface area contributed by atoms with E-state index in [1.165, 1.54) is 0 Å². The summed E-state index contributed by atoms with van der Waals surface area (Å²) in [6.07, 6.45) is -0.365. The number of aliphatic imine (C=N–C) groups is 1. The van der Waals surface area contributed by atoms with Crippen LogP contribution < -0.4 is 0 Å². The van der Waals surface area contributed by atoms with Crippen LogP contribution in [0.5, 0.6) is 0 Å². The van der Waals surface area contributed by atoms with Gasteiger partial charge in [-0.15, -0.1) is 0 Å². The molecule has 1 aliphatic heterocycles. The van der Waals surface area contributed by atoms with E-state index in [1.807, 2.05) is 25.8 Å². The maximum Gasteiger partial charge on any atom is 0.432 e. The predicted molar refractivity (Wildman–Crippen MR) is 81.3 cm³/mol. The number of carbonyl (C=O) groups excluding carboxylic acids is 1. The second-order valence-electron chi connectivity index (χ2n) is 5.51. The van der Waals surface area contributed by atoms with Gasteiger partial charge in [0.15, 0.2) is 0 Å². The molecule has 0 N–H and O–H groups in total. The van der Waals surface area contributed by atoms with Gasteiger partial charge >= 0.3 is 6.18 Å². The van der Waals surface area contributed by atoms with Gasteiger partial charge < -0.3 is 4.79 Å². The highest BCUT2D eigenvalue weighted by Gasteiger charge is 2.35. The molecule has 0 radical (unpaired) electrons. The van der Waals surface area contributed by atoms with E-state index in [2.05, 4.69) is 9.89 Å². The number of likely N-dealkylation sites (N-methyl/N-ethyl adjacent to an activating group) is 2. The lowest BCUT2D eigenvalue weighted by Gasteiger charge is -2.31. The van der Waals surface area contributed by atoms with Gasteiger partial charge in [-0.1, -0.05) is 13.0 Å². The second-order valence-corrected chi connectivity index (χ2v) is 5.51. The predicted octanol–water partition coefficient (Wildman–Crippen LogP) is 2.16. The van der Waals surface area contributed by atoms with Crippen LogP contribution in [0.3, 0.4) is 0 Å². The third-order valence-corrected chi connectivity index (χ3v) is 3.99. The van der Waals surface area contributed by atoms with E-state index in [0.717, 1.165) is 25.5 Å². The summed E-state index contributed by atoms with van der Waals surface area (Å²) >= 11 is 0. The minimum Gasteiger partial charge on any atom is -0.303 e. The van der Waals surface area contributed by atoms with Gasteiger partial charge in [0, 0.05) is 31.6 Å². The van der Waals surface area contributed by atoms with Gasteiger partial charge in [-0.05, 0) is 26.6 Å². The summed E-state index contributed by atoms with van der Waals surface area (Å²) in [6.45, 7) is 6.46. The Balaban J connectivity index is 2.47. The molecule has 2 unspecified atom stereocenters. The fourth-order valence-corrected chi connectivity index (χ4v) is 2.41. The molecule has 7 heteroatoms. The Kier molecular flexibility index (Phi) is 7.22. The summed E-state index contributed by atoms with van der Waals surface area (Å²) in [4.78, 5) is 18.4. The zero-order chi connectivity index (χ0) is 16.8. The fourth-order valence-electron chi connectivity index (χ4n) is 2.41. The average molecular weight is 319 g/mol. The number of allylic oxidation sites excluding steroid dienone is 1. The van der Waals surface area contributed by atoms with Crippen molar-refractivity contribution in [3.8, 4) is 0 Å². The highest BCUT2D eigenvalue weighted by Crippen LogP contribution is 2.21. The van der Waals surface area contributed by atoms with Crippen LogP contribution in [0.15, 0.2) is 17.1 Å². The van der Waals surface area contributed by atoms with Crippen molar-refractivity contribution in [3.63, 3.8) is 0 Å². The van der Waals surface area contributed by atoms with Gasteiger partial charge in [0.05, 0.1) is 6.54 Å². The number of alkyl halides is 3. The van der Waals surface area contributed by atoms with Gasteiger partial charge in [0.1, 0.15) is 12.0 Å². The van der Waals surface area contributed by atoms with Gasteiger partial charge in [0.2, 0.25) is 0 Å². The van der Waals surface area contributed by atoms with Crippen LogP contribution in [0.4, 0.5) is 13.2 Å². The molecule has 0 saturated carbocycles. The first-order valence-corrected chi connectivity index (χ1v) is 7.47. The number of nitrogens with zero attached hydrogens (tertiary/aromatic N) is 3. The maximum absolute atomic E-state index is 12.5. The SMILES string of the molecule is CCN(CCN(C)C1C=CC(C(F)(F)F)=NC1)C(C)CC=O. The molecule has 0 aromatic heterocycles. The highest BCUT2D eigenvalue weighted by atomic mass is 19.4. The van der Waals surface area contributed by atoms with Crippen LogP contribution in [-0.4, -0.2) is 73.3 Å². The number of hydrogen-bond donors (Lipinski definition) is 0. The summed E-state index contributed by atoms with van der Waals surface area (Å²) < 4.78 is 37.5. The van der Waals surface area contributed by atoms with Crippen LogP contribution >= 0.6 is 0 Å². The molecule has 0 fully saturated rings. The molecule has 4 nitrogen and oxygen atoms in total. The van der Waals surface area contributed by atoms with E-state index in [0.29, 0.717) is 13.0 Å². The number of rotatable bonds is 8. The van der Waals surface area contributed by atoms with E-state index >= 15 is 0 Å². The maximum atomic E-state index is 12.5. The van der Waals surface area contributed by atoms with E-state index in [9.17, 15) is 18.0 Å². The number of aldehydes is 1. The molecule has 0 bridgehead atoms. The molecule has 0 aromatic rings. The molecule has 1 rings (SSSR count). The average Bonchev–Trinajstić information content (AvgIpc) is 2.47. The third-order valence-electron chi connectivity index (χ3n) is 3.99. The Morgan fingerprint density at radius 2 is 2.14 bits per heavy atom. The quantitative estimate of drug-likeness (QED) is 0.643. The Bertz CT molecular complexity index is 421. The van der Waals surface area contributed by atoms with Crippen molar-refractivity contribution in [1.82, 2.24) is 9.80 Å². The van der Waals surface area contributed by atoms with Crippen molar-refractivity contribution in [2.24, 2.45) is 4.99 Å². The minimum atomic E-state index is -4.37. The monoisotopic (exact) mass is 319 g/mol. The highest BCUT2D eigenvalue weighted by molar-refractivity contribution is 6.00. The van der Waals surface area contributed by atoms with Crippen molar-refractivity contribution in [1.29, 1.82) is 0 Å². The van der Waals surface area contributed by atoms with Crippen molar-refractivity contribution in [3.05, 3.63) is 12.2 Å². The molecule has 1 heterocycles. The first-order valence-electron chi connectivity index (χ1n) is 7.47. The standard InChI is InChI=1S/C15H24F3N3O/c1-4-21(12(2)7-10-22)9-8-20(3)13-5-6-14(19-11-13)15(16,17)18/h5-6,10,12-13H,4,7-9,11H2,1-3H3. The molecule has 0 aromatic carbocycles. The van der Waals surface area contributed by atoms with Crippen molar-refractivity contribution in [2.75, 3.05) is 33.2 Å². The molecule has 0 aliphatic carbocycles. The van der Waals surface area contributed by atoms with Crippen molar-refractivity contribution in [2.45, 2.75) is 38.5 Å². The molecule has 1 aliphatic rings. The number of carbonyl (C=O) groups is 1. The molecule has 22 heavy (non-hydrogen) atoms. The first-order chi connectivity index (χ1) is 10.3. The first kappa shape index (κ1) is 18.8. The summed E-state index contributed by atoms with van der Waals surface area (Å²) in [5.74, 6) is 0. The number of dihydropyridines is 1. The minimum absolute atomic E-state index is 0.119. The second kappa shape index (κ2) is 8.43. The molecule has 0 amide bonds. The molecule has 0 spiro atoms. The Morgan fingerprint density at radius 1 is 1.45 bits per heavy atom. The Morgan fingerprint density at radius 3 is 2.59 bits per heavy atom. The topological polar surface area (TPSA) is 35.9 Å². The Labute approximate surface area is 129 Å².